The third-order valence-corrected chi connectivity index (χ3v) is 2.99. The fraction of sp³-hybridized carbons (Fsp3) is 0.947. The molecule has 5 nitrogen and oxygen atoms in total. The van der Waals surface area contributed by atoms with E-state index in [9.17, 15) is 0 Å². The summed E-state index contributed by atoms with van der Waals surface area (Å²) in [4.78, 5) is 11.5. The SMILES string of the molecule is CC(C)(C)CCCOCCN1CCOCC1.CC(C)C.CNC=O. The molecule has 5 heteroatoms. The number of carbonyl (C=O) groups is 1. The second-order valence-electron chi connectivity index (χ2n) is 7.87. The summed E-state index contributed by atoms with van der Waals surface area (Å²) in [6.07, 6.45) is 3.04. The number of carbonyl (C=O) groups excluding carboxylic acids is 1. The first-order chi connectivity index (χ1) is 11.2. The molecule has 0 radical (unpaired) electrons. The van der Waals surface area contributed by atoms with Crippen molar-refractivity contribution in [1.29, 1.82) is 0 Å². The Morgan fingerprint density at radius 2 is 1.67 bits per heavy atom. The molecule has 1 aliphatic heterocycles. The zero-order valence-electron chi connectivity index (χ0n) is 17.2. The molecule has 0 aromatic heterocycles. The first-order valence-electron chi connectivity index (χ1n) is 9.21. The average molecular weight is 347 g/mol. The van der Waals surface area contributed by atoms with Crippen LogP contribution < -0.4 is 5.32 Å². The van der Waals surface area contributed by atoms with Gasteiger partial charge in [0.25, 0.3) is 0 Å². The minimum Gasteiger partial charge on any atom is -0.380 e. The minimum absolute atomic E-state index is 0.438. The fourth-order valence-corrected chi connectivity index (χ4v) is 1.83. The monoisotopic (exact) mass is 346 g/mol. The van der Waals surface area contributed by atoms with Gasteiger partial charge in [-0.3, -0.25) is 9.69 Å². The Morgan fingerprint density at radius 3 is 2.08 bits per heavy atom. The van der Waals surface area contributed by atoms with E-state index in [0.717, 1.165) is 52.0 Å². The standard InChI is InChI=1S/C13H27NO2.C4H10.C2H5NO/c1-13(2,3)5-4-9-15-10-6-14-7-11-16-12-8-14;1-4(2)3;1-3-2-4/h4-12H2,1-3H3;4H,1-3H3;2H,1H3,(H,3,4). The molecule has 0 aromatic rings. The van der Waals surface area contributed by atoms with Crippen LogP contribution in [-0.4, -0.2) is 64.4 Å². The number of morpholine rings is 1. The first kappa shape index (κ1) is 25.6. The van der Waals surface area contributed by atoms with Crippen molar-refractivity contribution in [2.75, 3.05) is 53.1 Å². The van der Waals surface area contributed by atoms with Crippen molar-refractivity contribution in [1.82, 2.24) is 10.2 Å². The lowest BCUT2D eigenvalue weighted by Gasteiger charge is -2.26. The van der Waals surface area contributed by atoms with Crippen LogP contribution in [-0.2, 0) is 14.3 Å². The van der Waals surface area contributed by atoms with Gasteiger partial charge < -0.3 is 14.8 Å². The van der Waals surface area contributed by atoms with Crippen molar-refractivity contribution < 1.29 is 14.3 Å². The van der Waals surface area contributed by atoms with Gasteiger partial charge in [0.1, 0.15) is 0 Å². The van der Waals surface area contributed by atoms with Crippen LogP contribution in [0.3, 0.4) is 0 Å². The van der Waals surface area contributed by atoms with E-state index >= 15 is 0 Å². The summed E-state index contributed by atoms with van der Waals surface area (Å²) in [6, 6.07) is 0. The quantitative estimate of drug-likeness (QED) is 0.568. The summed E-state index contributed by atoms with van der Waals surface area (Å²) in [6.45, 7) is 20.0. The predicted molar refractivity (Wildman–Crippen MR) is 102 cm³/mol. The zero-order chi connectivity index (χ0) is 18.8. The molecule has 1 amide bonds. The van der Waals surface area contributed by atoms with Crippen LogP contribution in [0.1, 0.15) is 54.4 Å². The molecule has 1 N–H and O–H groups in total. The molecule has 1 aliphatic rings. The molecular formula is C19H42N2O3. The Bertz CT molecular complexity index is 257. The predicted octanol–water partition coefficient (Wildman–Crippen LogP) is 3.19. The van der Waals surface area contributed by atoms with E-state index in [1.807, 2.05) is 0 Å². The van der Waals surface area contributed by atoms with Gasteiger partial charge in [-0.15, -0.1) is 0 Å². The molecule has 1 rings (SSSR count). The number of hydrogen-bond donors (Lipinski definition) is 1. The van der Waals surface area contributed by atoms with E-state index in [0.29, 0.717) is 11.8 Å². The lowest BCUT2D eigenvalue weighted by atomic mass is 9.91. The van der Waals surface area contributed by atoms with Crippen LogP contribution in [0.4, 0.5) is 0 Å². The van der Waals surface area contributed by atoms with E-state index in [1.165, 1.54) is 12.8 Å². The number of hydrogen-bond acceptors (Lipinski definition) is 4. The average Bonchev–Trinajstić information content (AvgIpc) is 2.50. The van der Waals surface area contributed by atoms with Crippen LogP contribution in [0.2, 0.25) is 0 Å². The lowest BCUT2D eigenvalue weighted by Crippen LogP contribution is -2.38. The van der Waals surface area contributed by atoms with Crippen LogP contribution >= 0.6 is 0 Å². The van der Waals surface area contributed by atoms with Crippen molar-refractivity contribution in [2.45, 2.75) is 54.4 Å². The number of nitrogens with zero attached hydrogens (tertiary/aromatic N) is 1. The number of ether oxygens (including phenoxy) is 2. The molecule has 0 atom stereocenters. The first-order valence-corrected chi connectivity index (χ1v) is 9.21. The zero-order valence-corrected chi connectivity index (χ0v) is 17.2. The van der Waals surface area contributed by atoms with Crippen molar-refractivity contribution >= 4 is 6.41 Å². The highest BCUT2D eigenvalue weighted by Crippen LogP contribution is 2.20. The fourth-order valence-electron chi connectivity index (χ4n) is 1.83. The topological polar surface area (TPSA) is 50.8 Å². The van der Waals surface area contributed by atoms with Crippen LogP contribution in [0.15, 0.2) is 0 Å². The summed E-state index contributed by atoms with van der Waals surface area (Å²) >= 11 is 0. The largest absolute Gasteiger partial charge is 0.380 e. The Hall–Kier alpha value is -0.650. The van der Waals surface area contributed by atoms with Crippen LogP contribution in [0.25, 0.3) is 0 Å². The Labute approximate surface area is 150 Å². The Balaban J connectivity index is 0. The van der Waals surface area contributed by atoms with E-state index in [-0.39, 0.29) is 0 Å². The maximum Gasteiger partial charge on any atom is 0.206 e. The van der Waals surface area contributed by atoms with E-state index in [4.69, 9.17) is 14.3 Å². The second-order valence-corrected chi connectivity index (χ2v) is 7.87. The minimum atomic E-state index is 0.438. The van der Waals surface area contributed by atoms with Gasteiger partial charge in [0.2, 0.25) is 6.41 Å². The number of amides is 1. The maximum absolute atomic E-state index is 9.06. The molecule has 0 spiro atoms. The Morgan fingerprint density at radius 1 is 1.17 bits per heavy atom. The van der Waals surface area contributed by atoms with Crippen LogP contribution in [0.5, 0.6) is 0 Å². The summed E-state index contributed by atoms with van der Waals surface area (Å²) in [5, 5.41) is 2.25. The third kappa shape index (κ3) is 26.3. The van der Waals surface area contributed by atoms with Gasteiger partial charge >= 0.3 is 0 Å². The second kappa shape index (κ2) is 17.2. The van der Waals surface area contributed by atoms with E-state index in [2.05, 4.69) is 51.8 Å². The highest BCUT2D eigenvalue weighted by molar-refractivity contribution is 5.44. The molecule has 0 saturated carbocycles. The molecule has 146 valence electrons. The van der Waals surface area contributed by atoms with Crippen molar-refractivity contribution in [3.63, 3.8) is 0 Å². The smallest absolute Gasteiger partial charge is 0.206 e. The molecule has 0 aromatic carbocycles. The normalized spacial score (nSPS) is 15.0. The van der Waals surface area contributed by atoms with Gasteiger partial charge in [0.15, 0.2) is 0 Å². The molecule has 0 unspecified atom stereocenters. The van der Waals surface area contributed by atoms with Gasteiger partial charge in [-0.05, 0) is 24.2 Å². The van der Waals surface area contributed by atoms with E-state index < -0.39 is 0 Å². The molecule has 1 saturated heterocycles. The number of rotatable bonds is 7. The van der Waals surface area contributed by atoms with Crippen molar-refractivity contribution in [3.05, 3.63) is 0 Å². The van der Waals surface area contributed by atoms with Gasteiger partial charge in [-0.25, -0.2) is 0 Å². The lowest BCUT2D eigenvalue weighted by molar-refractivity contribution is -0.109. The summed E-state index contributed by atoms with van der Waals surface area (Å²) in [5.41, 5.74) is 0.438. The van der Waals surface area contributed by atoms with Gasteiger partial charge in [0, 0.05) is 33.3 Å². The maximum atomic E-state index is 9.06. The molecule has 24 heavy (non-hydrogen) atoms. The van der Waals surface area contributed by atoms with Crippen LogP contribution in [0, 0.1) is 11.3 Å². The van der Waals surface area contributed by atoms with Gasteiger partial charge in [-0.1, -0.05) is 41.5 Å². The van der Waals surface area contributed by atoms with Gasteiger partial charge in [-0.2, -0.15) is 0 Å². The highest BCUT2D eigenvalue weighted by Gasteiger charge is 2.10. The van der Waals surface area contributed by atoms with Gasteiger partial charge in [0.05, 0.1) is 19.8 Å². The van der Waals surface area contributed by atoms with Crippen molar-refractivity contribution in [3.8, 4) is 0 Å². The van der Waals surface area contributed by atoms with E-state index in [1.54, 1.807) is 7.05 Å². The molecular weight excluding hydrogens is 304 g/mol. The summed E-state index contributed by atoms with van der Waals surface area (Å²) in [7, 11) is 1.56. The Kier molecular flexibility index (Phi) is 18.3. The number of nitrogens with one attached hydrogen (secondary N) is 1. The molecule has 1 fully saturated rings. The molecule has 1 heterocycles. The molecule has 0 aliphatic carbocycles. The third-order valence-electron chi connectivity index (χ3n) is 2.99. The highest BCUT2D eigenvalue weighted by atomic mass is 16.5. The van der Waals surface area contributed by atoms with Crippen molar-refractivity contribution in [2.24, 2.45) is 11.3 Å². The summed E-state index contributed by atoms with van der Waals surface area (Å²) in [5.74, 6) is 0.833. The molecule has 0 bridgehead atoms. The summed E-state index contributed by atoms with van der Waals surface area (Å²) < 4.78 is 10.9.